The Hall–Kier alpha value is 1.11. The fraction of sp³-hybridized carbons (Fsp3) is 1.00. The first-order chi connectivity index (χ1) is 8.77. The van der Waals surface area contributed by atoms with Crippen LogP contribution in [0.15, 0.2) is 0 Å². The van der Waals surface area contributed by atoms with Gasteiger partial charge in [-0.1, -0.05) is 55.4 Å². The number of nitrogens with one attached hydrogen (secondary N) is 1. The van der Waals surface area contributed by atoms with Gasteiger partial charge in [0.25, 0.3) is 0 Å². The molecule has 0 aromatic carbocycles. The van der Waals surface area contributed by atoms with E-state index < -0.39 is 0 Å². The standard InChI is InChI=1S/C16H37NP2.ClH/c1-13(2)18(14(3)4)11-9-17-10-12-19(15(5)6)16(7)8;/h13-17H,9-12H2,1-8H3;1H. The van der Waals surface area contributed by atoms with Crippen LogP contribution in [0.4, 0.5) is 0 Å². The summed E-state index contributed by atoms with van der Waals surface area (Å²) >= 11 is 0. The highest BCUT2D eigenvalue weighted by atomic mass is 35.5. The molecule has 0 saturated carbocycles. The van der Waals surface area contributed by atoms with Crippen LogP contribution in [0.5, 0.6) is 0 Å². The molecule has 0 aromatic rings. The average molecular weight is 342 g/mol. The number of hydrogen-bond acceptors (Lipinski definition) is 1. The molecule has 20 heavy (non-hydrogen) atoms. The van der Waals surface area contributed by atoms with Gasteiger partial charge in [0, 0.05) is 0 Å². The Kier molecular flexibility index (Phi) is 14.8. The van der Waals surface area contributed by atoms with Crippen LogP contribution < -0.4 is 5.32 Å². The Morgan fingerprint density at radius 3 is 1.05 bits per heavy atom. The molecular formula is C16H38ClNP2. The van der Waals surface area contributed by atoms with E-state index in [9.17, 15) is 0 Å². The summed E-state index contributed by atoms with van der Waals surface area (Å²) in [6, 6.07) is 0. The minimum Gasteiger partial charge on any atom is -0.316 e. The van der Waals surface area contributed by atoms with Crippen molar-refractivity contribution in [2.45, 2.75) is 78.0 Å². The summed E-state index contributed by atoms with van der Waals surface area (Å²) in [4.78, 5) is 0. The van der Waals surface area contributed by atoms with E-state index in [0.717, 1.165) is 22.6 Å². The molecule has 1 N–H and O–H groups in total. The van der Waals surface area contributed by atoms with Gasteiger partial charge in [-0.05, 0) is 48.0 Å². The van der Waals surface area contributed by atoms with Gasteiger partial charge in [0.1, 0.15) is 0 Å². The van der Waals surface area contributed by atoms with E-state index in [1.165, 1.54) is 25.4 Å². The van der Waals surface area contributed by atoms with Crippen molar-refractivity contribution in [2.75, 3.05) is 25.4 Å². The van der Waals surface area contributed by atoms with Crippen molar-refractivity contribution in [1.82, 2.24) is 5.32 Å². The predicted molar refractivity (Wildman–Crippen MR) is 104 cm³/mol. The van der Waals surface area contributed by atoms with Crippen molar-refractivity contribution < 1.29 is 0 Å². The third kappa shape index (κ3) is 9.94. The SMILES string of the molecule is CC(C)P(CCNCCP(C(C)C)C(C)C)C(C)C.Cl. The zero-order chi connectivity index (χ0) is 15.0. The van der Waals surface area contributed by atoms with Crippen molar-refractivity contribution in [3.63, 3.8) is 0 Å². The van der Waals surface area contributed by atoms with E-state index in [1.807, 2.05) is 0 Å². The fourth-order valence-corrected chi connectivity index (χ4v) is 8.05. The molecule has 0 heterocycles. The van der Waals surface area contributed by atoms with Crippen LogP contribution in [0.2, 0.25) is 0 Å². The van der Waals surface area contributed by atoms with Gasteiger partial charge in [0.15, 0.2) is 0 Å². The monoisotopic (exact) mass is 341 g/mol. The molecule has 0 saturated heterocycles. The maximum atomic E-state index is 3.70. The van der Waals surface area contributed by atoms with E-state index in [1.54, 1.807) is 0 Å². The fourth-order valence-electron chi connectivity index (χ4n) is 2.77. The lowest BCUT2D eigenvalue weighted by atomic mass is 10.5. The molecular weight excluding hydrogens is 304 g/mol. The lowest BCUT2D eigenvalue weighted by Gasteiger charge is -2.27. The summed E-state index contributed by atoms with van der Waals surface area (Å²) in [6.07, 6.45) is 2.79. The first kappa shape index (κ1) is 23.4. The van der Waals surface area contributed by atoms with Crippen molar-refractivity contribution in [3.05, 3.63) is 0 Å². The Balaban J connectivity index is 0. The van der Waals surface area contributed by atoms with Gasteiger partial charge in [0.05, 0.1) is 0 Å². The van der Waals surface area contributed by atoms with Crippen LogP contribution >= 0.6 is 28.3 Å². The predicted octanol–water partition coefficient (Wildman–Crippen LogP) is 5.60. The van der Waals surface area contributed by atoms with Crippen molar-refractivity contribution >= 4 is 28.3 Å². The molecule has 0 aromatic heterocycles. The van der Waals surface area contributed by atoms with Crippen LogP contribution in [0.3, 0.4) is 0 Å². The average Bonchev–Trinajstić information content (AvgIpc) is 2.25. The zero-order valence-corrected chi connectivity index (χ0v) is 17.5. The quantitative estimate of drug-likeness (QED) is 0.403. The summed E-state index contributed by atoms with van der Waals surface area (Å²) in [5.41, 5.74) is 3.50. The lowest BCUT2D eigenvalue weighted by molar-refractivity contribution is 0.760. The second-order valence-corrected chi connectivity index (χ2v) is 13.7. The Morgan fingerprint density at radius 1 is 0.600 bits per heavy atom. The topological polar surface area (TPSA) is 12.0 Å². The van der Waals surface area contributed by atoms with Crippen LogP contribution in [-0.2, 0) is 0 Å². The molecule has 124 valence electrons. The van der Waals surface area contributed by atoms with Crippen LogP contribution in [0, 0.1) is 0 Å². The van der Waals surface area contributed by atoms with Crippen LogP contribution in [0.1, 0.15) is 55.4 Å². The molecule has 0 amide bonds. The number of hydrogen-bond donors (Lipinski definition) is 1. The van der Waals surface area contributed by atoms with Gasteiger partial charge >= 0.3 is 0 Å². The van der Waals surface area contributed by atoms with E-state index >= 15 is 0 Å². The minimum atomic E-state index is 0. The highest BCUT2D eigenvalue weighted by Gasteiger charge is 2.17. The smallest absolute Gasteiger partial charge is 0.000917 e. The molecule has 0 radical (unpaired) electrons. The van der Waals surface area contributed by atoms with Crippen LogP contribution in [-0.4, -0.2) is 48.0 Å². The van der Waals surface area contributed by atoms with Gasteiger partial charge in [-0.2, -0.15) is 0 Å². The first-order valence-electron chi connectivity index (χ1n) is 7.99. The van der Waals surface area contributed by atoms with Gasteiger partial charge in [-0.15, -0.1) is 28.3 Å². The van der Waals surface area contributed by atoms with Crippen molar-refractivity contribution in [2.24, 2.45) is 0 Å². The Labute approximate surface area is 137 Å². The highest BCUT2D eigenvalue weighted by Crippen LogP contribution is 2.46. The molecule has 0 bridgehead atoms. The molecule has 0 aliphatic heterocycles. The van der Waals surface area contributed by atoms with Crippen molar-refractivity contribution in [3.8, 4) is 0 Å². The largest absolute Gasteiger partial charge is 0.316 e. The second kappa shape index (κ2) is 12.6. The molecule has 0 aliphatic carbocycles. The van der Waals surface area contributed by atoms with Crippen molar-refractivity contribution in [1.29, 1.82) is 0 Å². The molecule has 0 aliphatic rings. The van der Waals surface area contributed by atoms with E-state index in [-0.39, 0.29) is 28.3 Å². The third-order valence-electron chi connectivity index (χ3n) is 3.75. The molecule has 0 unspecified atom stereocenters. The third-order valence-corrected chi connectivity index (χ3v) is 10.5. The maximum absolute atomic E-state index is 3.70. The minimum absolute atomic E-state index is 0. The number of rotatable bonds is 10. The molecule has 0 fully saturated rings. The highest BCUT2D eigenvalue weighted by molar-refractivity contribution is 7.59. The molecule has 1 nitrogen and oxygen atoms in total. The van der Waals surface area contributed by atoms with Gasteiger partial charge in [0.2, 0.25) is 0 Å². The molecule has 0 atom stereocenters. The van der Waals surface area contributed by atoms with E-state index in [0.29, 0.717) is 0 Å². The molecule has 0 spiro atoms. The summed E-state index contributed by atoms with van der Waals surface area (Å²) in [6.45, 7) is 21.6. The molecule has 4 heteroatoms. The number of halogens is 1. The summed E-state index contributed by atoms with van der Waals surface area (Å²) < 4.78 is 0. The van der Waals surface area contributed by atoms with Gasteiger partial charge in [-0.3, -0.25) is 0 Å². The second-order valence-electron chi connectivity index (χ2n) is 6.60. The normalized spacial score (nSPS) is 12.3. The lowest BCUT2D eigenvalue weighted by Crippen LogP contribution is -2.24. The van der Waals surface area contributed by atoms with E-state index in [2.05, 4.69) is 60.7 Å². The first-order valence-corrected chi connectivity index (χ1v) is 11.3. The Bertz CT molecular complexity index is 183. The maximum Gasteiger partial charge on any atom is -0.000917 e. The zero-order valence-electron chi connectivity index (χ0n) is 14.9. The van der Waals surface area contributed by atoms with Crippen LogP contribution in [0.25, 0.3) is 0 Å². The van der Waals surface area contributed by atoms with Gasteiger partial charge < -0.3 is 5.32 Å². The Morgan fingerprint density at radius 2 is 0.850 bits per heavy atom. The molecule has 0 rings (SSSR count). The van der Waals surface area contributed by atoms with Gasteiger partial charge in [-0.25, -0.2) is 0 Å². The summed E-state index contributed by atoms with van der Waals surface area (Å²) in [7, 11) is 0.415. The van der Waals surface area contributed by atoms with E-state index in [4.69, 9.17) is 0 Å². The summed E-state index contributed by atoms with van der Waals surface area (Å²) in [5, 5.41) is 3.70. The summed E-state index contributed by atoms with van der Waals surface area (Å²) in [5.74, 6) is 0.